The van der Waals surface area contributed by atoms with E-state index in [0.29, 0.717) is 35.1 Å². The zero-order valence-electron chi connectivity index (χ0n) is 33.2. The number of rotatable bonds is 7. The van der Waals surface area contributed by atoms with E-state index in [1.165, 1.54) is 10.8 Å². The van der Waals surface area contributed by atoms with E-state index in [9.17, 15) is 0 Å². The van der Waals surface area contributed by atoms with Gasteiger partial charge in [0.1, 0.15) is 0 Å². The van der Waals surface area contributed by atoms with Crippen molar-refractivity contribution in [3.63, 3.8) is 0 Å². The molecule has 4 heterocycles. The molecule has 0 bridgehead atoms. The molecule has 0 aliphatic rings. The molecule has 12 rings (SSSR count). The average molecular weight is 795 g/mol. The predicted octanol–water partition coefficient (Wildman–Crippen LogP) is 12.6. The fourth-order valence-corrected chi connectivity index (χ4v) is 8.54. The second-order valence-electron chi connectivity index (χ2n) is 15.2. The molecule has 0 amide bonds. The van der Waals surface area contributed by atoms with Crippen molar-refractivity contribution in [2.45, 2.75) is 0 Å². The largest absolute Gasteiger partial charge is 0.309 e. The van der Waals surface area contributed by atoms with E-state index in [4.69, 9.17) is 29.9 Å². The minimum atomic E-state index is 0.537. The Morgan fingerprint density at radius 3 is 1.06 bits per heavy atom. The van der Waals surface area contributed by atoms with Crippen molar-refractivity contribution < 1.29 is 0 Å². The van der Waals surface area contributed by atoms with Crippen molar-refractivity contribution in [3.05, 3.63) is 206 Å². The number of nitrogens with zero attached hydrogens (tertiary/aromatic N) is 8. The van der Waals surface area contributed by atoms with Gasteiger partial charge in [0, 0.05) is 55.0 Å². The third-order valence-electron chi connectivity index (χ3n) is 11.4. The summed E-state index contributed by atoms with van der Waals surface area (Å²) in [4.78, 5) is 30.5. The molecule has 8 nitrogen and oxygen atoms in total. The summed E-state index contributed by atoms with van der Waals surface area (Å²) in [6.45, 7) is 0. The summed E-state index contributed by atoms with van der Waals surface area (Å²) in [6, 6.07) is 70.5. The van der Waals surface area contributed by atoms with Crippen LogP contribution in [0.15, 0.2) is 206 Å². The number of fused-ring (bicyclic) bond motifs is 6. The molecule has 0 aliphatic heterocycles. The molecule has 8 heteroatoms. The lowest BCUT2D eigenvalue weighted by Gasteiger charge is -2.11. The van der Waals surface area contributed by atoms with Crippen LogP contribution in [-0.2, 0) is 0 Å². The summed E-state index contributed by atoms with van der Waals surface area (Å²) in [5.74, 6) is 3.52. The van der Waals surface area contributed by atoms with Gasteiger partial charge in [0.2, 0.25) is 5.95 Å². The van der Waals surface area contributed by atoms with Gasteiger partial charge in [-0.25, -0.2) is 19.9 Å². The zero-order valence-corrected chi connectivity index (χ0v) is 33.2. The number of para-hydroxylation sites is 3. The summed E-state index contributed by atoms with van der Waals surface area (Å²) in [5, 5.41) is 4.54. The second kappa shape index (κ2) is 14.6. The van der Waals surface area contributed by atoms with E-state index in [1.54, 1.807) is 0 Å². The third kappa shape index (κ3) is 6.00. The third-order valence-corrected chi connectivity index (χ3v) is 11.4. The van der Waals surface area contributed by atoms with Crippen LogP contribution in [0.2, 0.25) is 0 Å². The highest BCUT2D eigenvalue weighted by Crippen LogP contribution is 2.36. The first-order chi connectivity index (χ1) is 30.7. The summed E-state index contributed by atoms with van der Waals surface area (Å²) in [6.07, 6.45) is 0. The summed E-state index contributed by atoms with van der Waals surface area (Å²) in [7, 11) is 0. The van der Waals surface area contributed by atoms with E-state index >= 15 is 0 Å². The standard InChI is InChI=1S/C54H34N8/c1-4-16-35(17-5-1)49-55-50(38-28-31-40(32-29-38)61-45-25-13-10-22-41(45)42-23-11-14-26-46(42)61)57-53(56-49)39-30-33-48-44(34-39)43-24-12-15-27-47(43)62(48)54-59-51(36-18-6-2-7-19-36)58-52(60-54)37-20-8-3-9-21-37/h1-34H. The minimum absolute atomic E-state index is 0.537. The van der Waals surface area contributed by atoms with Crippen LogP contribution in [0.3, 0.4) is 0 Å². The number of hydrogen-bond acceptors (Lipinski definition) is 6. The summed E-state index contributed by atoms with van der Waals surface area (Å²) < 4.78 is 4.44. The van der Waals surface area contributed by atoms with Gasteiger partial charge in [-0.05, 0) is 60.7 Å². The Morgan fingerprint density at radius 2 is 0.581 bits per heavy atom. The first-order valence-electron chi connectivity index (χ1n) is 20.5. The average Bonchev–Trinajstić information content (AvgIpc) is 3.87. The molecule has 0 fully saturated rings. The smallest absolute Gasteiger partial charge is 0.238 e. The molecule has 290 valence electrons. The monoisotopic (exact) mass is 794 g/mol. The van der Waals surface area contributed by atoms with Crippen LogP contribution in [-0.4, -0.2) is 39.0 Å². The van der Waals surface area contributed by atoms with Gasteiger partial charge in [0.15, 0.2) is 29.1 Å². The Hall–Kier alpha value is -8.62. The molecular formula is C54H34N8. The highest BCUT2D eigenvalue weighted by Gasteiger charge is 2.20. The van der Waals surface area contributed by atoms with Gasteiger partial charge in [0.05, 0.1) is 22.1 Å². The lowest BCUT2D eigenvalue weighted by molar-refractivity contribution is 0.953. The van der Waals surface area contributed by atoms with Crippen molar-refractivity contribution in [1.82, 2.24) is 39.0 Å². The fourth-order valence-electron chi connectivity index (χ4n) is 8.54. The molecule has 0 aliphatic carbocycles. The summed E-state index contributed by atoms with van der Waals surface area (Å²) in [5.41, 5.74) is 9.83. The van der Waals surface area contributed by atoms with Crippen LogP contribution >= 0.6 is 0 Å². The van der Waals surface area contributed by atoms with Gasteiger partial charge in [-0.15, -0.1) is 0 Å². The van der Waals surface area contributed by atoms with Crippen LogP contribution in [0.1, 0.15) is 0 Å². The topological polar surface area (TPSA) is 87.2 Å². The van der Waals surface area contributed by atoms with E-state index in [2.05, 4.69) is 118 Å². The molecule has 0 saturated carbocycles. The number of benzene rings is 8. The van der Waals surface area contributed by atoms with Crippen LogP contribution in [0.25, 0.3) is 112 Å². The molecule has 62 heavy (non-hydrogen) atoms. The van der Waals surface area contributed by atoms with E-state index in [1.807, 2.05) is 97.1 Å². The molecule has 8 aromatic carbocycles. The van der Waals surface area contributed by atoms with Gasteiger partial charge in [-0.2, -0.15) is 9.97 Å². The second-order valence-corrected chi connectivity index (χ2v) is 15.2. The molecule has 12 aromatic rings. The molecule has 0 saturated heterocycles. The van der Waals surface area contributed by atoms with Crippen molar-refractivity contribution in [2.24, 2.45) is 0 Å². The van der Waals surface area contributed by atoms with Gasteiger partial charge in [0.25, 0.3) is 0 Å². The molecule has 0 spiro atoms. The number of aromatic nitrogens is 8. The first-order valence-corrected chi connectivity index (χ1v) is 20.5. The quantitative estimate of drug-likeness (QED) is 0.160. The maximum absolute atomic E-state index is 5.17. The first kappa shape index (κ1) is 35.3. The lowest BCUT2D eigenvalue weighted by atomic mass is 10.1. The van der Waals surface area contributed by atoms with Crippen molar-refractivity contribution in [1.29, 1.82) is 0 Å². The number of hydrogen-bond donors (Lipinski definition) is 0. The molecule has 0 N–H and O–H groups in total. The van der Waals surface area contributed by atoms with Crippen LogP contribution in [0.4, 0.5) is 0 Å². The van der Waals surface area contributed by atoms with Crippen molar-refractivity contribution >= 4 is 43.6 Å². The Bertz CT molecular complexity index is 3510. The van der Waals surface area contributed by atoms with E-state index in [-0.39, 0.29) is 0 Å². The van der Waals surface area contributed by atoms with E-state index in [0.717, 1.165) is 66.3 Å². The van der Waals surface area contributed by atoms with Gasteiger partial charge in [-0.1, -0.05) is 146 Å². The molecule has 0 unspecified atom stereocenters. The maximum atomic E-state index is 5.17. The van der Waals surface area contributed by atoms with Crippen LogP contribution in [0.5, 0.6) is 0 Å². The van der Waals surface area contributed by atoms with Gasteiger partial charge >= 0.3 is 0 Å². The van der Waals surface area contributed by atoms with Gasteiger partial charge < -0.3 is 4.57 Å². The van der Waals surface area contributed by atoms with E-state index < -0.39 is 0 Å². The Kier molecular flexibility index (Phi) is 8.31. The molecule has 4 aromatic heterocycles. The van der Waals surface area contributed by atoms with Crippen molar-refractivity contribution in [2.75, 3.05) is 0 Å². The normalized spacial score (nSPS) is 11.5. The highest BCUT2D eigenvalue weighted by atomic mass is 15.2. The highest BCUT2D eigenvalue weighted by molar-refractivity contribution is 6.10. The Morgan fingerprint density at radius 1 is 0.242 bits per heavy atom. The summed E-state index contributed by atoms with van der Waals surface area (Å²) >= 11 is 0. The minimum Gasteiger partial charge on any atom is -0.309 e. The Labute approximate surface area is 356 Å². The fraction of sp³-hybridized carbons (Fsp3) is 0. The SMILES string of the molecule is c1ccc(-c2nc(-c3ccc(-n4c5ccccc5c5ccccc54)cc3)nc(-c3ccc4c(c3)c3ccccc3n4-c3nc(-c4ccccc4)nc(-c4ccccc4)n3)n2)cc1. The van der Waals surface area contributed by atoms with Crippen LogP contribution in [0, 0.1) is 0 Å². The lowest BCUT2D eigenvalue weighted by Crippen LogP contribution is -2.06. The van der Waals surface area contributed by atoms with Gasteiger partial charge in [-0.3, -0.25) is 4.57 Å². The zero-order chi connectivity index (χ0) is 41.0. The predicted molar refractivity (Wildman–Crippen MR) is 249 cm³/mol. The van der Waals surface area contributed by atoms with Crippen molar-refractivity contribution in [3.8, 4) is 68.6 Å². The molecule has 0 radical (unpaired) electrons. The maximum Gasteiger partial charge on any atom is 0.238 e. The van der Waals surface area contributed by atoms with Crippen LogP contribution < -0.4 is 0 Å². The molecule has 0 atom stereocenters. The Balaban J connectivity index is 1.00. The molecular weight excluding hydrogens is 761 g/mol.